The molecular formula is C20H26N2O. The molecule has 0 aliphatic rings. The molecule has 1 unspecified atom stereocenters. The van der Waals surface area contributed by atoms with E-state index >= 15 is 0 Å². The molecule has 0 saturated carbocycles. The van der Waals surface area contributed by atoms with Gasteiger partial charge in [-0.15, -0.1) is 0 Å². The predicted molar refractivity (Wildman–Crippen MR) is 95.2 cm³/mol. The summed E-state index contributed by atoms with van der Waals surface area (Å²) in [6, 6.07) is 17.9. The first kappa shape index (κ1) is 17.2. The SMILES string of the molecule is Cc1ccc(C(C)(C)CNC(=O)C(C)(N)c2ccccc2)cc1. The molecule has 2 rings (SSSR count). The van der Waals surface area contributed by atoms with Gasteiger partial charge < -0.3 is 11.1 Å². The molecule has 0 aromatic heterocycles. The maximum absolute atomic E-state index is 12.6. The normalized spacial score (nSPS) is 14.1. The molecule has 1 atom stereocenters. The molecule has 2 aromatic rings. The molecule has 0 radical (unpaired) electrons. The molecule has 1 amide bonds. The minimum Gasteiger partial charge on any atom is -0.353 e. The molecule has 0 fully saturated rings. The van der Waals surface area contributed by atoms with Gasteiger partial charge in [-0.3, -0.25) is 4.79 Å². The van der Waals surface area contributed by atoms with Crippen LogP contribution in [0.5, 0.6) is 0 Å². The van der Waals surface area contributed by atoms with Crippen LogP contribution >= 0.6 is 0 Å². The van der Waals surface area contributed by atoms with Crippen LogP contribution in [-0.2, 0) is 15.7 Å². The van der Waals surface area contributed by atoms with E-state index < -0.39 is 5.54 Å². The monoisotopic (exact) mass is 310 g/mol. The smallest absolute Gasteiger partial charge is 0.244 e. The van der Waals surface area contributed by atoms with Crippen molar-refractivity contribution in [3.63, 3.8) is 0 Å². The van der Waals surface area contributed by atoms with E-state index in [0.29, 0.717) is 6.54 Å². The Labute approximate surface area is 138 Å². The molecule has 3 nitrogen and oxygen atoms in total. The summed E-state index contributed by atoms with van der Waals surface area (Å²) < 4.78 is 0. The van der Waals surface area contributed by atoms with Crippen LogP contribution in [0.15, 0.2) is 54.6 Å². The topological polar surface area (TPSA) is 55.1 Å². The van der Waals surface area contributed by atoms with Gasteiger partial charge in [0.1, 0.15) is 5.54 Å². The number of nitrogens with two attached hydrogens (primary N) is 1. The number of nitrogens with one attached hydrogen (secondary N) is 1. The number of rotatable bonds is 5. The number of hydrogen-bond donors (Lipinski definition) is 2. The van der Waals surface area contributed by atoms with Crippen molar-refractivity contribution in [3.8, 4) is 0 Å². The molecular weight excluding hydrogens is 284 g/mol. The van der Waals surface area contributed by atoms with Gasteiger partial charge in [0, 0.05) is 12.0 Å². The predicted octanol–water partition coefficient (Wildman–Crippen LogP) is 3.26. The Morgan fingerprint density at radius 1 is 0.957 bits per heavy atom. The van der Waals surface area contributed by atoms with Crippen LogP contribution in [0.2, 0.25) is 0 Å². The lowest BCUT2D eigenvalue weighted by molar-refractivity contribution is -0.126. The first-order chi connectivity index (χ1) is 10.7. The molecule has 0 saturated heterocycles. The van der Waals surface area contributed by atoms with Gasteiger partial charge in [0.05, 0.1) is 0 Å². The second-order valence-electron chi connectivity index (χ2n) is 7.00. The van der Waals surface area contributed by atoms with Crippen LogP contribution in [0.4, 0.5) is 0 Å². The van der Waals surface area contributed by atoms with E-state index in [0.717, 1.165) is 5.56 Å². The zero-order chi connectivity index (χ0) is 17.1. The average molecular weight is 310 g/mol. The first-order valence-corrected chi connectivity index (χ1v) is 7.93. The van der Waals surface area contributed by atoms with Gasteiger partial charge in [0.25, 0.3) is 0 Å². The molecule has 3 heteroatoms. The third-order valence-corrected chi connectivity index (χ3v) is 4.37. The third-order valence-electron chi connectivity index (χ3n) is 4.37. The van der Waals surface area contributed by atoms with E-state index in [9.17, 15) is 4.79 Å². The number of aryl methyl sites for hydroxylation is 1. The van der Waals surface area contributed by atoms with Crippen molar-refractivity contribution in [3.05, 3.63) is 71.3 Å². The fraction of sp³-hybridized carbons (Fsp3) is 0.350. The summed E-state index contributed by atoms with van der Waals surface area (Å²) in [7, 11) is 0. The van der Waals surface area contributed by atoms with Crippen LogP contribution in [0, 0.1) is 6.92 Å². The summed E-state index contributed by atoms with van der Waals surface area (Å²) in [5.74, 6) is -0.163. The highest BCUT2D eigenvalue weighted by atomic mass is 16.2. The van der Waals surface area contributed by atoms with Crippen molar-refractivity contribution >= 4 is 5.91 Å². The van der Waals surface area contributed by atoms with Crippen LogP contribution in [-0.4, -0.2) is 12.5 Å². The van der Waals surface area contributed by atoms with Crippen molar-refractivity contribution in [1.29, 1.82) is 0 Å². The molecule has 2 aromatic carbocycles. The Kier molecular flexibility index (Phi) is 4.90. The lowest BCUT2D eigenvalue weighted by Crippen LogP contribution is -2.51. The number of carbonyl (C=O) groups is 1. The second kappa shape index (κ2) is 6.55. The van der Waals surface area contributed by atoms with E-state index in [1.807, 2.05) is 30.3 Å². The zero-order valence-corrected chi connectivity index (χ0v) is 14.4. The van der Waals surface area contributed by atoms with Crippen LogP contribution in [0.1, 0.15) is 37.5 Å². The summed E-state index contributed by atoms with van der Waals surface area (Å²) in [4.78, 5) is 12.6. The van der Waals surface area contributed by atoms with Gasteiger partial charge in [-0.1, -0.05) is 74.0 Å². The summed E-state index contributed by atoms with van der Waals surface area (Å²) in [6.45, 7) is 8.59. The summed E-state index contributed by atoms with van der Waals surface area (Å²) in [5.41, 5.74) is 8.30. The second-order valence-corrected chi connectivity index (χ2v) is 7.00. The van der Waals surface area contributed by atoms with E-state index in [4.69, 9.17) is 5.73 Å². The maximum Gasteiger partial charge on any atom is 0.244 e. The fourth-order valence-corrected chi connectivity index (χ4v) is 2.51. The largest absolute Gasteiger partial charge is 0.353 e. The molecule has 122 valence electrons. The fourth-order valence-electron chi connectivity index (χ4n) is 2.51. The first-order valence-electron chi connectivity index (χ1n) is 7.93. The summed E-state index contributed by atoms with van der Waals surface area (Å²) >= 11 is 0. The highest BCUT2D eigenvalue weighted by Crippen LogP contribution is 2.23. The van der Waals surface area contributed by atoms with Gasteiger partial charge in [-0.25, -0.2) is 0 Å². The van der Waals surface area contributed by atoms with Gasteiger partial charge in [0.2, 0.25) is 5.91 Å². The highest BCUT2D eigenvalue weighted by Gasteiger charge is 2.31. The Morgan fingerprint density at radius 3 is 2.09 bits per heavy atom. The van der Waals surface area contributed by atoms with Crippen LogP contribution < -0.4 is 11.1 Å². The Bertz CT molecular complexity index is 658. The molecule has 0 aliphatic heterocycles. The lowest BCUT2D eigenvalue weighted by atomic mass is 9.83. The number of amides is 1. The molecule has 0 aliphatic carbocycles. The van der Waals surface area contributed by atoms with E-state index in [1.165, 1.54) is 11.1 Å². The lowest BCUT2D eigenvalue weighted by Gasteiger charge is -2.29. The van der Waals surface area contributed by atoms with Crippen LogP contribution in [0.3, 0.4) is 0 Å². The average Bonchev–Trinajstić information content (AvgIpc) is 2.54. The number of benzene rings is 2. The quantitative estimate of drug-likeness (QED) is 0.890. The summed E-state index contributed by atoms with van der Waals surface area (Å²) in [6.07, 6.45) is 0. The van der Waals surface area contributed by atoms with E-state index in [-0.39, 0.29) is 11.3 Å². The Hall–Kier alpha value is -2.13. The van der Waals surface area contributed by atoms with Crippen molar-refractivity contribution in [2.24, 2.45) is 5.73 Å². The van der Waals surface area contributed by atoms with Crippen molar-refractivity contribution < 1.29 is 4.79 Å². The van der Waals surface area contributed by atoms with Gasteiger partial charge in [-0.2, -0.15) is 0 Å². The minimum absolute atomic E-state index is 0.157. The minimum atomic E-state index is -1.04. The highest BCUT2D eigenvalue weighted by molar-refractivity contribution is 5.87. The van der Waals surface area contributed by atoms with Crippen molar-refractivity contribution in [2.75, 3.05) is 6.54 Å². The zero-order valence-electron chi connectivity index (χ0n) is 14.4. The maximum atomic E-state index is 12.6. The molecule has 3 N–H and O–H groups in total. The molecule has 23 heavy (non-hydrogen) atoms. The Morgan fingerprint density at radius 2 is 1.52 bits per heavy atom. The van der Waals surface area contributed by atoms with E-state index in [1.54, 1.807) is 6.92 Å². The molecule has 0 spiro atoms. The number of hydrogen-bond acceptors (Lipinski definition) is 2. The van der Waals surface area contributed by atoms with Gasteiger partial charge >= 0.3 is 0 Å². The third kappa shape index (κ3) is 3.99. The standard InChI is InChI=1S/C20H26N2O/c1-15-10-12-16(13-11-15)19(2,3)14-22-18(23)20(4,21)17-8-6-5-7-9-17/h5-13H,14,21H2,1-4H3,(H,22,23). The van der Waals surface area contributed by atoms with Crippen molar-refractivity contribution in [2.45, 2.75) is 38.6 Å². The summed E-state index contributed by atoms with van der Waals surface area (Å²) in [5, 5.41) is 3.01. The van der Waals surface area contributed by atoms with Gasteiger partial charge in [0.15, 0.2) is 0 Å². The van der Waals surface area contributed by atoms with Crippen molar-refractivity contribution in [1.82, 2.24) is 5.32 Å². The molecule has 0 bridgehead atoms. The van der Waals surface area contributed by atoms with Crippen LogP contribution in [0.25, 0.3) is 0 Å². The van der Waals surface area contributed by atoms with Gasteiger partial charge in [-0.05, 0) is 25.0 Å². The Balaban J connectivity index is 2.07. The molecule has 0 heterocycles. The van der Waals surface area contributed by atoms with E-state index in [2.05, 4.69) is 50.4 Å². The number of carbonyl (C=O) groups excluding carboxylic acids is 1.